The van der Waals surface area contributed by atoms with E-state index in [-0.39, 0.29) is 22.7 Å². The van der Waals surface area contributed by atoms with Gasteiger partial charge in [-0.05, 0) is 48.4 Å². The van der Waals surface area contributed by atoms with Crippen molar-refractivity contribution in [2.45, 2.75) is 18.4 Å². The van der Waals surface area contributed by atoms with Gasteiger partial charge in [-0.3, -0.25) is 14.5 Å². The summed E-state index contributed by atoms with van der Waals surface area (Å²) in [6.07, 6.45) is 2.95. The fourth-order valence-corrected chi connectivity index (χ4v) is 4.12. The van der Waals surface area contributed by atoms with E-state index in [9.17, 15) is 22.0 Å². The minimum atomic E-state index is -4.07. The molecular weight excluding hydrogens is 412 g/mol. The van der Waals surface area contributed by atoms with Crippen LogP contribution >= 0.6 is 0 Å². The number of aryl methyl sites for hydroxylation is 1. The summed E-state index contributed by atoms with van der Waals surface area (Å²) >= 11 is 0. The van der Waals surface area contributed by atoms with Crippen LogP contribution in [0.1, 0.15) is 21.5 Å². The largest absolute Gasteiger partial charge is 0.337 e. The molecule has 6 nitrogen and oxygen atoms in total. The van der Waals surface area contributed by atoms with Crippen LogP contribution in [-0.2, 0) is 16.6 Å². The first kappa shape index (κ1) is 21.4. The second kappa shape index (κ2) is 8.58. The Labute approximate surface area is 173 Å². The van der Waals surface area contributed by atoms with Crippen molar-refractivity contribution in [2.24, 2.45) is 0 Å². The topological polar surface area (TPSA) is 79.4 Å². The Morgan fingerprint density at radius 1 is 1.07 bits per heavy atom. The lowest BCUT2D eigenvalue weighted by Crippen LogP contribution is -2.28. The molecule has 156 valence electrons. The number of anilines is 1. The Morgan fingerprint density at radius 3 is 2.50 bits per heavy atom. The molecule has 30 heavy (non-hydrogen) atoms. The van der Waals surface area contributed by atoms with Crippen LogP contribution in [0.3, 0.4) is 0 Å². The number of nitrogens with zero attached hydrogens (tertiary/aromatic N) is 2. The molecule has 0 aliphatic heterocycles. The molecule has 0 bridgehead atoms. The van der Waals surface area contributed by atoms with Crippen LogP contribution in [0.5, 0.6) is 0 Å². The minimum Gasteiger partial charge on any atom is -0.337 e. The number of hydrogen-bond acceptors (Lipinski definition) is 4. The van der Waals surface area contributed by atoms with Crippen molar-refractivity contribution >= 4 is 21.6 Å². The zero-order chi connectivity index (χ0) is 21.9. The Bertz CT molecular complexity index is 1200. The van der Waals surface area contributed by atoms with Gasteiger partial charge in [0.1, 0.15) is 4.90 Å². The number of sulfonamides is 1. The van der Waals surface area contributed by atoms with E-state index in [0.29, 0.717) is 5.56 Å². The summed E-state index contributed by atoms with van der Waals surface area (Å²) in [5, 5.41) is 0. The highest BCUT2D eigenvalue weighted by Crippen LogP contribution is 2.22. The van der Waals surface area contributed by atoms with E-state index in [1.165, 1.54) is 42.4 Å². The van der Waals surface area contributed by atoms with Crippen LogP contribution in [0.15, 0.2) is 65.8 Å². The maximum atomic E-state index is 13.4. The Morgan fingerprint density at radius 2 is 1.80 bits per heavy atom. The van der Waals surface area contributed by atoms with Gasteiger partial charge < -0.3 is 4.90 Å². The molecule has 0 radical (unpaired) electrons. The first-order chi connectivity index (χ1) is 14.2. The van der Waals surface area contributed by atoms with E-state index >= 15 is 0 Å². The van der Waals surface area contributed by atoms with Crippen molar-refractivity contribution in [3.63, 3.8) is 0 Å². The Hall–Kier alpha value is -3.33. The van der Waals surface area contributed by atoms with Crippen molar-refractivity contribution in [3.05, 3.63) is 89.2 Å². The number of carbonyl (C=O) groups excluding carboxylic acids is 1. The highest BCUT2D eigenvalue weighted by Gasteiger charge is 2.24. The molecule has 0 atom stereocenters. The van der Waals surface area contributed by atoms with Gasteiger partial charge in [-0.1, -0.05) is 18.2 Å². The number of aromatic nitrogens is 1. The number of nitrogens with one attached hydrogen (secondary N) is 1. The standard InChI is InChI=1S/C21H19F2N3O3S/c1-14-9-16(12-24-11-14)25-30(28,29)20-6-4-3-5-17(20)21(27)26(2)13-15-7-8-18(22)19(23)10-15/h3-12,25H,13H2,1-2H3. The average Bonchev–Trinajstić information content (AvgIpc) is 2.70. The molecule has 9 heteroatoms. The van der Waals surface area contributed by atoms with Crippen LogP contribution in [0, 0.1) is 18.6 Å². The number of carbonyl (C=O) groups is 1. The Balaban J connectivity index is 1.87. The van der Waals surface area contributed by atoms with Crippen molar-refractivity contribution in [3.8, 4) is 0 Å². The molecule has 1 aromatic heterocycles. The zero-order valence-electron chi connectivity index (χ0n) is 16.3. The van der Waals surface area contributed by atoms with Crippen LogP contribution in [-0.4, -0.2) is 31.3 Å². The van der Waals surface area contributed by atoms with Gasteiger partial charge in [0, 0.05) is 19.8 Å². The van der Waals surface area contributed by atoms with Crippen molar-refractivity contribution < 1.29 is 22.0 Å². The monoisotopic (exact) mass is 431 g/mol. The molecule has 0 unspecified atom stereocenters. The molecule has 2 aromatic carbocycles. The van der Waals surface area contributed by atoms with Gasteiger partial charge in [0.2, 0.25) is 0 Å². The van der Waals surface area contributed by atoms with E-state index in [1.54, 1.807) is 25.3 Å². The highest BCUT2D eigenvalue weighted by molar-refractivity contribution is 7.92. The zero-order valence-corrected chi connectivity index (χ0v) is 17.1. The van der Waals surface area contributed by atoms with E-state index < -0.39 is 27.6 Å². The van der Waals surface area contributed by atoms with Crippen molar-refractivity contribution in [1.82, 2.24) is 9.88 Å². The van der Waals surface area contributed by atoms with Gasteiger partial charge in [0.25, 0.3) is 15.9 Å². The number of amides is 1. The van der Waals surface area contributed by atoms with Gasteiger partial charge >= 0.3 is 0 Å². The second-order valence-corrected chi connectivity index (χ2v) is 8.41. The predicted molar refractivity (Wildman–Crippen MR) is 108 cm³/mol. The molecule has 0 spiro atoms. The number of hydrogen-bond donors (Lipinski definition) is 1. The lowest BCUT2D eigenvalue weighted by molar-refractivity contribution is 0.0781. The predicted octanol–water partition coefficient (Wildman–Crippen LogP) is 3.74. The fourth-order valence-electron chi connectivity index (χ4n) is 2.89. The highest BCUT2D eigenvalue weighted by atomic mass is 32.2. The minimum absolute atomic E-state index is 0.0281. The first-order valence-electron chi connectivity index (χ1n) is 8.90. The normalized spacial score (nSPS) is 11.2. The summed E-state index contributed by atoms with van der Waals surface area (Å²) < 4.78 is 54.8. The van der Waals surface area contributed by atoms with E-state index in [2.05, 4.69) is 9.71 Å². The number of halogens is 2. The second-order valence-electron chi connectivity index (χ2n) is 6.76. The third kappa shape index (κ3) is 4.80. The van der Waals surface area contributed by atoms with E-state index in [0.717, 1.165) is 17.7 Å². The van der Waals surface area contributed by atoms with Crippen LogP contribution in [0.4, 0.5) is 14.5 Å². The molecule has 0 saturated carbocycles. The van der Waals surface area contributed by atoms with Gasteiger partial charge in [0.15, 0.2) is 11.6 Å². The number of pyridine rings is 1. The molecule has 1 heterocycles. The fraction of sp³-hybridized carbons (Fsp3) is 0.143. The molecule has 3 aromatic rings. The lowest BCUT2D eigenvalue weighted by Gasteiger charge is -2.19. The maximum absolute atomic E-state index is 13.4. The summed E-state index contributed by atoms with van der Waals surface area (Å²) in [6.45, 7) is 1.75. The summed E-state index contributed by atoms with van der Waals surface area (Å²) in [6, 6.07) is 10.7. The molecule has 0 saturated heterocycles. The van der Waals surface area contributed by atoms with E-state index in [4.69, 9.17) is 0 Å². The molecule has 0 aliphatic rings. The molecule has 1 amide bonds. The summed E-state index contributed by atoms with van der Waals surface area (Å²) in [5.74, 6) is -2.59. The summed E-state index contributed by atoms with van der Waals surface area (Å²) in [5.41, 5.74) is 1.36. The first-order valence-corrected chi connectivity index (χ1v) is 10.4. The molecule has 0 aliphatic carbocycles. The maximum Gasteiger partial charge on any atom is 0.262 e. The van der Waals surface area contributed by atoms with Gasteiger partial charge in [-0.25, -0.2) is 17.2 Å². The van der Waals surface area contributed by atoms with Crippen molar-refractivity contribution in [2.75, 3.05) is 11.8 Å². The number of benzene rings is 2. The average molecular weight is 431 g/mol. The third-order valence-corrected chi connectivity index (χ3v) is 5.72. The number of rotatable bonds is 6. The smallest absolute Gasteiger partial charge is 0.262 e. The Kier molecular flexibility index (Phi) is 6.12. The molecular formula is C21H19F2N3O3S. The SMILES string of the molecule is Cc1cncc(NS(=O)(=O)c2ccccc2C(=O)N(C)Cc2ccc(F)c(F)c2)c1. The lowest BCUT2D eigenvalue weighted by atomic mass is 10.1. The van der Waals surface area contributed by atoms with Crippen LogP contribution in [0.25, 0.3) is 0 Å². The molecule has 0 fully saturated rings. The van der Waals surface area contributed by atoms with Gasteiger partial charge in [-0.2, -0.15) is 0 Å². The molecule has 1 N–H and O–H groups in total. The quantitative estimate of drug-likeness (QED) is 0.645. The van der Waals surface area contributed by atoms with Crippen LogP contribution in [0.2, 0.25) is 0 Å². The summed E-state index contributed by atoms with van der Waals surface area (Å²) in [4.78, 5) is 17.9. The van der Waals surface area contributed by atoms with Gasteiger partial charge in [-0.15, -0.1) is 0 Å². The molecule has 3 rings (SSSR count). The van der Waals surface area contributed by atoms with Crippen LogP contribution < -0.4 is 4.72 Å². The van der Waals surface area contributed by atoms with Crippen molar-refractivity contribution in [1.29, 1.82) is 0 Å². The van der Waals surface area contributed by atoms with Gasteiger partial charge in [0.05, 0.1) is 17.4 Å². The summed E-state index contributed by atoms with van der Waals surface area (Å²) in [7, 11) is -2.62. The van der Waals surface area contributed by atoms with E-state index in [1.807, 2.05) is 0 Å². The third-order valence-electron chi connectivity index (χ3n) is 4.28.